The van der Waals surface area contributed by atoms with Gasteiger partial charge in [0.1, 0.15) is 0 Å². The summed E-state index contributed by atoms with van der Waals surface area (Å²) in [6.07, 6.45) is -2.63. The van der Waals surface area contributed by atoms with Crippen molar-refractivity contribution in [3.8, 4) is 0 Å². The fourth-order valence-corrected chi connectivity index (χ4v) is 1.47. The summed E-state index contributed by atoms with van der Waals surface area (Å²) in [5.41, 5.74) is 1.74. The summed E-state index contributed by atoms with van der Waals surface area (Å²) in [5.74, 6) is -5.59. The van der Waals surface area contributed by atoms with E-state index in [4.69, 9.17) is 19.8 Å². The number of nitrogens with zero attached hydrogens (tertiary/aromatic N) is 2. The molecule has 0 unspecified atom stereocenters. The van der Waals surface area contributed by atoms with Gasteiger partial charge in [-0.1, -0.05) is 6.07 Å². The van der Waals surface area contributed by atoms with E-state index in [1.54, 1.807) is 36.9 Å². The second kappa shape index (κ2) is 12.8. The van der Waals surface area contributed by atoms with Crippen LogP contribution >= 0.6 is 0 Å². The molecule has 0 radical (unpaired) electrons. The summed E-state index contributed by atoms with van der Waals surface area (Å²) in [6.45, 7) is 0.604. The van der Waals surface area contributed by atoms with E-state index in [0.29, 0.717) is 12.1 Å². The molecule has 0 saturated heterocycles. The Morgan fingerprint density at radius 2 is 1.32 bits per heavy atom. The van der Waals surface area contributed by atoms with E-state index in [1.165, 1.54) is 0 Å². The van der Waals surface area contributed by atoms with Crippen LogP contribution in [0.1, 0.15) is 15.9 Å². The van der Waals surface area contributed by atoms with Gasteiger partial charge in [-0.05, 0) is 30.2 Å². The summed E-state index contributed by atoms with van der Waals surface area (Å²) >= 11 is 0. The summed E-state index contributed by atoms with van der Waals surface area (Å²) in [4.78, 5) is 37.4. The molecule has 2 heterocycles. The highest BCUT2D eigenvalue weighted by atomic mass is 19.4. The van der Waals surface area contributed by atoms with Crippen LogP contribution in [0.25, 0.3) is 0 Å². The minimum atomic E-state index is -5.08. The fourth-order valence-electron chi connectivity index (χ4n) is 1.47. The summed E-state index contributed by atoms with van der Waals surface area (Å²) in [7, 11) is 0. The zero-order chi connectivity index (χ0) is 24.1. The topological polar surface area (TPSA) is 129 Å². The molecule has 0 fully saturated rings. The predicted molar refractivity (Wildman–Crippen MR) is 91.9 cm³/mol. The van der Waals surface area contributed by atoms with Gasteiger partial charge in [-0.25, -0.2) is 9.59 Å². The molecular weight excluding hydrogens is 440 g/mol. The van der Waals surface area contributed by atoms with Crippen molar-refractivity contribution in [2.24, 2.45) is 0 Å². The van der Waals surface area contributed by atoms with Gasteiger partial charge in [-0.3, -0.25) is 14.8 Å². The van der Waals surface area contributed by atoms with Crippen LogP contribution in [0.2, 0.25) is 0 Å². The normalized spacial score (nSPS) is 10.5. The Bertz CT molecular complexity index is 806. The molecule has 0 atom stereocenters. The van der Waals surface area contributed by atoms with E-state index in [1.807, 2.05) is 12.1 Å². The number of alkyl halides is 6. The molecule has 8 nitrogen and oxygen atoms in total. The van der Waals surface area contributed by atoms with Crippen LogP contribution in [-0.4, -0.2) is 56.9 Å². The molecule has 31 heavy (non-hydrogen) atoms. The molecular formula is C17H15F6N3O5. The number of rotatable bonds is 4. The highest BCUT2D eigenvalue weighted by molar-refractivity contribution is 5.93. The average molecular weight is 455 g/mol. The van der Waals surface area contributed by atoms with Gasteiger partial charge in [0.05, 0.1) is 0 Å². The number of carboxylic acid groups (broad SMARTS) is 2. The zero-order valence-corrected chi connectivity index (χ0v) is 15.3. The van der Waals surface area contributed by atoms with Crippen molar-refractivity contribution in [3.63, 3.8) is 0 Å². The van der Waals surface area contributed by atoms with Gasteiger partial charge < -0.3 is 15.5 Å². The van der Waals surface area contributed by atoms with Gasteiger partial charge in [-0.15, -0.1) is 0 Å². The molecule has 2 aromatic rings. The Morgan fingerprint density at radius 1 is 0.839 bits per heavy atom. The van der Waals surface area contributed by atoms with E-state index in [-0.39, 0.29) is 5.91 Å². The smallest absolute Gasteiger partial charge is 0.475 e. The van der Waals surface area contributed by atoms with Crippen molar-refractivity contribution in [1.82, 2.24) is 15.3 Å². The standard InChI is InChI=1S/C13H13N3O.2C2HF3O2/c17-13(12-4-7-14-8-5-12)16-9-3-11-2-1-6-15-10-11;2*3-2(4,5)1(6)7/h1-2,4-8,10H,3,9H2,(H,16,17);2*(H,6,7). The molecule has 0 saturated carbocycles. The van der Waals surface area contributed by atoms with Crippen LogP contribution in [0.15, 0.2) is 49.1 Å². The van der Waals surface area contributed by atoms with Gasteiger partial charge in [0.25, 0.3) is 5.91 Å². The van der Waals surface area contributed by atoms with Gasteiger partial charge in [0, 0.05) is 36.9 Å². The zero-order valence-electron chi connectivity index (χ0n) is 15.3. The number of hydrogen-bond acceptors (Lipinski definition) is 5. The monoisotopic (exact) mass is 455 g/mol. The van der Waals surface area contributed by atoms with Gasteiger partial charge in [0.2, 0.25) is 0 Å². The second-order valence-electron chi connectivity index (χ2n) is 5.21. The first kappa shape index (κ1) is 27.3. The number of aliphatic carboxylic acids is 2. The number of aromatic nitrogens is 2. The minimum Gasteiger partial charge on any atom is -0.475 e. The van der Waals surface area contributed by atoms with E-state index < -0.39 is 24.3 Å². The third-order valence-corrected chi connectivity index (χ3v) is 2.85. The predicted octanol–water partition coefficient (Wildman–Crippen LogP) is 2.72. The molecule has 0 aliphatic rings. The van der Waals surface area contributed by atoms with Crippen LogP contribution in [0.5, 0.6) is 0 Å². The van der Waals surface area contributed by atoms with E-state index in [2.05, 4.69) is 15.3 Å². The maximum Gasteiger partial charge on any atom is 0.490 e. The Hall–Kier alpha value is -3.71. The maximum absolute atomic E-state index is 11.7. The number of nitrogens with one attached hydrogen (secondary N) is 1. The Labute approximate surface area is 170 Å². The van der Waals surface area contributed by atoms with Crippen molar-refractivity contribution in [3.05, 3.63) is 60.2 Å². The molecule has 1 amide bonds. The fraction of sp³-hybridized carbons (Fsp3) is 0.235. The van der Waals surface area contributed by atoms with Crippen LogP contribution in [0.4, 0.5) is 26.3 Å². The molecule has 170 valence electrons. The van der Waals surface area contributed by atoms with E-state index in [0.717, 1.165) is 12.0 Å². The first-order chi connectivity index (χ1) is 14.2. The van der Waals surface area contributed by atoms with Gasteiger partial charge >= 0.3 is 24.3 Å². The van der Waals surface area contributed by atoms with E-state index in [9.17, 15) is 31.1 Å². The Balaban J connectivity index is 0.000000536. The highest BCUT2D eigenvalue weighted by Gasteiger charge is 2.38. The lowest BCUT2D eigenvalue weighted by atomic mass is 10.2. The summed E-state index contributed by atoms with van der Waals surface area (Å²) < 4.78 is 63.5. The van der Waals surface area contributed by atoms with Crippen LogP contribution in [-0.2, 0) is 16.0 Å². The van der Waals surface area contributed by atoms with Gasteiger partial charge in [-0.2, -0.15) is 26.3 Å². The Kier molecular flexibility index (Phi) is 11.2. The third kappa shape index (κ3) is 13.2. The molecule has 3 N–H and O–H groups in total. The molecule has 2 aromatic heterocycles. The van der Waals surface area contributed by atoms with Crippen LogP contribution in [0, 0.1) is 0 Å². The van der Waals surface area contributed by atoms with E-state index >= 15 is 0 Å². The minimum absolute atomic E-state index is 0.0729. The largest absolute Gasteiger partial charge is 0.490 e. The summed E-state index contributed by atoms with van der Waals surface area (Å²) in [5, 5.41) is 17.1. The number of carbonyl (C=O) groups is 3. The van der Waals surface area contributed by atoms with Crippen LogP contribution < -0.4 is 5.32 Å². The number of amides is 1. The first-order valence-corrected chi connectivity index (χ1v) is 7.92. The van der Waals surface area contributed by atoms with Crippen molar-refractivity contribution < 1.29 is 50.9 Å². The highest BCUT2D eigenvalue weighted by Crippen LogP contribution is 2.13. The quantitative estimate of drug-likeness (QED) is 0.605. The lowest BCUT2D eigenvalue weighted by Crippen LogP contribution is -2.25. The van der Waals surface area contributed by atoms with Crippen LogP contribution in [0.3, 0.4) is 0 Å². The molecule has 0 aromatic carbocycles. The average Bonchev–Trinajstić information content (AvgIpc) is 2.69. The third-order valence-electron chi connectivity index (χ3n) is 2.85. The van der Waals surface area contributed by atoms with Crippen molar-refractivity contribution >= 4 is 17.8 Å². The molecule has 0 bridgehead atoms. The number of carbonyl (C=O) groups excluding carboxylic acids is 1. The van der Waals surface area contributed by atoms with Crippen molar-refractivity contribution in [2.75, 3.05) is 6.54 Å². The van der Waals surface area contributed by atoms with Gasteiger partial charge in [0.15, 0.2) is 0 Å². The molecule has 2 rings (SSSR count). The first-order valence-electron chi connectivity index (χ1n) is 7.92. The number of halogens is 6. The molecule has 0 aliphatic heterocycles. The lowest BCUT2D eigenvalue weighted by molar-refractivity contribution is -0.193. The molecule has 14 heteroatoms. The maximum atomic E-state index is 11.7. The Morgan fingerprint density at radius 3 is 1.71 bits per heavy atom. The second-order valence-corrected chi connectivity index (χ2v) is 5.21. The molecule has 0 aliphatic carbocycles. The van der Waals surface area contributed by atoms with Crippen molar-refractivity contribution in [1.29, 1.82) is 0 Å². The van der Waals surface area contributed by atoms with Crippen molar-refractivity contribution in [2.45, 2.75) is 18.8 Å². The number of hydrogen-bond donors (Lipinski definition) is 3. The number of pyridine rings is 2. The number of carboxylic acids is 2. The lowest BCUT2D eigenvalue weighted by Gasteiger charge is -2.04. The summed E-state index contributed by atoms with van der Waals surface area (Å²) in [6, 6.07) is 7.27. The molecule has 0 spiro atoms. The SMILES string of the molecule is O=C(NCCc1cccnc1)c1ccncc1.O=C(O)C(F)(F)F.O=C(O)C(F)(F)F.